The summed E-state index contributed by atoms with van der Waals surface area (Å²) in [4.78, 5) is 21.3. The predicted octanol–water partition coefficient (Wildman–Crippen LogP) is 4.89. The summed E-state index contributed by atoms with van der Waals surface area (Å²) in [6.45, 7) is 4.25. The molecule has 0 bridgehead atoms. The molecule has 0 atom stereocenters. The molecule has 0 saturated carbocycles. The first-order valence-electron chi connectivity index (χ1n) is 10.6. The fourth-order valence-corrected chi connectivity index (χ4v) is 3.89. The second-order valence-electron chi connectivity index (χ2n) is 7.62. The van der Waals surface area contributed by atoms with E-state index in [1.165, 1.54) is 5.56 Å². The molecule has 1 fully saturated rings. The van der Waals surface area contributed by atoms with Gasteiger partial charge in [0.15, 0.2) is 11.7 Å². The summed E-state index contributed by atoms with van der Waals surface area (Å²) >= 11 is 3.43. The van der Waals surface area contributed by atoms with Crippen molar-refractivity contribution in [3.63, 3.8) is 0 Å². The van der Waals surface area contributed by atoms with Gasteiger partial charge < -0.3 is 9.32 Å². The minimum absolute atomic E-state index is 0.169. The zero-order chi connectivity index (χ0) is 21.5. The van der Waals surface area contributed by atoms with E-state index in [0.717, 1.165) is 48.5 Å². The number of aryl methyl sites for hydroxylation is 1. The SMILES string of the molecule is O=C(CCc1ncc(-c2ccc(Br)cc2)o1)N1CCN(C/C=C/c2ccccc2)CC1. The summed E-state index contributed by atoms with van der Waals surface area (Å²) in [6, 6.07) is 18.2. The highest BCUT2D eigenvalue weighted by molar-refractivity contribution is 9.10. The van der Waals surface area contributed by atoms with Crippen LogP contribution < -0.4 is 0 Å². The molecule has 5 nitrogen and oxygen atoms in total. The van der Waals surface area contributed by atoms with Crippen LogP contribution in [0.25, 0.3) is 17.4 Å². The van der Waals surface area contributed by atoms with E-state index in [2.05, 4.69) is 50.1 Å². The van der Waals surface area contributed by atoms with Gasteiger partial charge in [0.1, 0.15) is 0 Å². The third kappa shape index (κ3) is 6.15. The Morgan fingerprint density at radius 1 is 1.03 bits per heavy atom. The Morgan fingerprint density at radius 3 is 2.52 bits per heavy atom. The maximum atomic E-state index is 12.6. The van der Waals surface area contributed by atoms with Crippen LogP contribution in [-0.2, 0) is 11.2 Å². The third-order valence-corrected chi connectivity index (χ3v) is 5.96. The van der Waals surface area contributed by atoms with Crippen LogP contribution in [0, 0.1) is 0 Å². The lowest BCUT2D eigenvalue weighted by atomic mass is 10.2. The Bertz CT molecular complexity index is 1010. The first kappa shape index (κ1) is 21.5. The lowest BCUT2D eigenvalue weighted by molar-refractivity contribution is -0.132. The molecule has 3 aromatic rings. The highest BCUT2D eigenvalue weighted by Crippen LogP contribution is 2.23. The van der Waals surface area contributed by atoms with Crippen LogP contribution in [0.4, 0.5) is 0 Å². The van der Waals surface area contributed by atoms with Crippen molar-refractivity contribution in [1.82, 2.24) is 14.8 Å². The first-order chi connectivity index (χ1) is 15.2. The van der Waals surface area contributed by atoms with Crippen molar-refractivity contribution in [3.8, 4) is 11.3 Å². The van der Waals surface area contributed by atoms with Gasteiger partial charge in [-0.2, -0.15) is 0 Å². The Balaban J connectivity index is 1.20. The minimum Gasteiger partial charge on any atom is -0.441 e. The second kappa shape index (κ2) is 10.6. The van der Waals surface area contributed by atoms with E-state index < -0.39 is 0 Å². The molecule has 0 N–H and O–H groups in total. The number of nitrogens with zero attached hydrogens (tertiary/aromatic N) is 3. The smallest absolute Gasteiger partial charge is 0.223 e. The van der Waals surface area contributed by atoms with Crippen LogP contribution in [0.3, 0.4) is 0 Å². The molecule has 31 heavy (non-hydrogen) atoms. The average molecular weight is 480 g/mol. The highest BCUT2D eigenvalue weighted by atomic mass is 79.9. The van der Waals surface area contributed by atoms with Gasteiger partial charge in [0.05, 0.1) is 6.20 Å². The zero-order valence-corrected chi connectivity index (χ0v) is 19.0. The van der Waals surface area contributed by atoms with E-state index in [0.29, 0.717) is 18.7 Å². The van der Waals surface area contributed by atoms with Crippen LogP contribution in [0.1, 0.15) is 17.9 Å². The molecule has 0 radical (unpaired) electrons. The van der Waals surface area contributed by atoms with E-state index in [4.69, 9.17) is 4.42 Å². The number of oxazole rings is 1. The van der Waals surface area contributed by atoms with Gasteiger partial charge in [0, 0.05) is 55.6 Å². The highest BCUT2D eigenvalue weighted by Gasteiger charge is 2.20. The van der Waals surface area contributed by atoms with E-state index >= 15 is 0 Å². The average Bonchev–Trinajstić information content (AvgIpc) is 3.28. The molecule has 0 aliphatic carbocycles. The number of hydrogen-bond acceptors (Lipinski definition) is 4. The summed E-state index contributed by atoms with van der Waals surface area (Å²) in [5, 5.41) is 0. The fourth-order valence-electron chi connectivity index (χ4n) is 3.63. The van der Waals surface area contributed by atoms with E-state index in [1.807, 2.05) is 47.4 Å². The molecule has 0 unspecified atom stereocenters. The van der Waals surface area contributed by atoms with Crippen molar-refractivity contribution in [3.05, 3.63) is 82.8 Å². The van der Waals surface area contributed by atoms with Crippen molar-refractivity contribution in [1.29, 1.82) is 0 Å². The van der Waals surface area contributed by atoms with Crippen LogP contribution in [0.15, 0.2) is 75.8 Å². The predicted molar refractivity (Wildman–Crippen MR) is 126 cm³/mol. The summed E-state index contributed by atoms with van der Waals surface area (Å²) < 4.78 is 6.85. The molecular weight excluding hydrogens is 454 g/mol. The number of piperazine rings is 1. The minimum atomic E-state index is 0.169. The molecule has 1 aliphatic heterocycles. The number of rotatable bonds is 7. The number of hydrogen-bond donors (Lipinski definition) is 0. The van der Waals surface area contributed by atoms with Crippen LogP contribution in [0.5, 0.6) is 0 Å². The Morgan fingerprint density at radius 2 is 1.77 bits per heavy atom. The summed E-state index contributed by atoms with van der Waals surface area (Å²) in [5.41, 5.74) is 2.19. The molecule has 160 valence electrons. The van der Waals surface area contributed by atoms with Gasteiger partial charge in [0.2, 0.25) is 5.91 Å². The van der Waals surface area contributed by atoms with Crippen molar-refractivity contribution in [2.24, 2.45) is 0 Å². The molecule has 1 aliphatic rings. The van der Waals surface area contributed by atoms with E-state index in [9.17, 15) is 4.79 Å². The second-order valence-corrected chi connectivity index (χ2v) is 8.54. The van der Waals surface area contributed by atoms with Crippen LogP contribution >= 0.6 is 15.9 Å². The summed E-state index contributed by atoms with van der Waals surface area (Å²) in [5.74, 6) is 1.51. The lowest BCUT2D eigenvalue weighted by Crippen LogP contribution is -2.48. The maximum Gasteiger partial charge on any atom is 0.223 e. The molecule has 2 aromatic carbocycles. The topological polar surface area (TPSA) is 49.6 Å². The fraction of sp³-hybridized carbons (Fsp3) is 0.280. The van der Waals surface area contributed by atoms with E-state index in [1.54, 1.807) is 6.20 Å². The van der Waals surface area contributed by atoms with Gasteiger partial charge in [-0.1, -0.05) is 70.5 Å². The molecule has 1 saturated heterocycles. The standard InChI is InChI=1S/C25H26BrN3O2/c26-22-10-8-21(9-11-22)23-19-27-24(31-23)12-13-25(30)29-17-15-28(16-18-29)14-4-7-20-5-2-1-3-6-20/h1-11,19H,12-18H2/b7-4+. The van der Waals surface area contributed by atoms with Gasteiger partial charge in [-0.3, -0.25) is 9.69 Å². The van der Waals surface area contributed by atoms with Crippen LogP contribution in [0.2, 0.25) is 0 Å². The Labute approximate surface area is 191 Å². The lowest BCUT2D eigenvalue weighted by Gasteiger charge is -2.34. The third-order valence-electron chi connectivity index (χ3n) is 5.43. The van der Waals surface area contributed by atoms with Gasteiger partial charge in [-0.25, -0.2) is 4.98 Å². The molecule has 1 aromatic heterocycles. The zero-order valence-electron chi connectivity index (χ0n) is 17.4. The number of carbonyl (C=O) groups is 1. The maximum absolute atomic E-state index is 12.6. The summed E-state index contributed by atoms with van der Waals surface area (Å²) in [7, 11) is 0. The van der Waals surface area contributed by atoms with Crippen molar-refractivity contribution >= 4 is 27.9 Å². The van der Waals surface area contributed by atoms with Crippen molar-refractivity contribution < 1.29 is 9.21 Å². The van der Waals surface area contributed by atoms with Crippen LogP contribution in [-0.4, -0.2) is 53.4 Å². The molecular formula is C25H26BrN3O2. The van der Waals surface area contributed by atoms with Crippen molar-refractivity contribution in [2.75, 3.05) is 32.7 Å². The Hall–Kier alpha value is -2.70. The van der Waals surface area contributed by atoms with Crippen molar-refractivity contribution in [2.45, 2.75) is 12.8 Å². The monoisotopic (exact) mass is 479 g/mol. The quantitative estimate of drug-likeness (QED) is 0.483. The number of carbonyl (C=O) groups excluding carboxylic acids is 1. The number of aromatic nitrogens is 1. The summed E-state index contributed by atoms with van der Waals surface area (Å²) in [6.07, 6.45) is 7.02. The molecule has 6 heteroatoms. The van der Waals surface area contributed by atoms with Gasteiger partial charge in [0.25, 0.3) is 0 Å². The van der Waals surface area contributed by atoms with E-state index in [-0.39, 0.29) is 5.91 Å². The Kier molecular flexibility index (Phi) is 7.33. The first-order valence-corrected chi connectivity index (χ1v) is 11.4. The largest absolute Gasteiger partial charge is 0.441 e. The molecule has 1 amide bonds. The molecule has 0 spiro atoms. The normalized spacial score (nSPS) is 14.9. The van der Waals surface area contributed by atoms with Gasteiger partial charge in [-0.15, -0.1) is 0 Å². The number of amides is 1. The number of benzene rings is 2. The molecule has 4 rings (SSSR count). The molecule has 2 heterocycles. The van der Waals surface area contributed by atoms with Gasteiger partial charge >= 0.3 is 0 Å². The number of halogens is 1. The van der Waals surface area contributed by atoms with Gasteiger partial charge in [-0.05, 0) is 17.7 Å².